The van der Waals surface area contributed by atoms with Crippen molar-refractivity contribution in [1.29, 1.82) is 0 Å². The second-order valence-electron chi connectivity index (χ2n) is 27.5. The lowest BCUT2D eigenvalue weighted by Crippen LogP contribution is -2.55. The molecule has 0 bridgehead atoms. The van der Waals surface area contributed by atoms with Gasteiger partial charge in [-0.25, -0.2) is 9.59 Å². The SMILES string of the molecule is CC[C@H](C)[C@@H]([C@@H](CC(=O)N1CCC[C@H]1[C@H](OC)[C@@H](C)C(=O)N[C@H](C)[C@@H](O)c1ccccc1)OC)N(C)C(=O)[C@@H](CC(=O)[C@H](C(C)C)N(C)C(=O)OCc1ccc(CC(=O)[C@H](CCCNC(N)=O)NC(=O)[C@@H](CC(=O)CCCCCN2C(=O)CC(C)C2=O)C(C)C)cc1)C(C)C. The van der Waals surface area contributed by atoms with Crippen molar-refractivity contribution in [3.63, 3.8) is 0 Å². The standard InChI is InChI=1S/C72H112N8O15/c1-16-46(8)64(60(93-14)41-62(85)79-36-24-29-57(79)66(94-15)48(10)67(87)75-49(11)65(86)52-25-19-17-20-26-52)77(12)70(90)55(44(4)5)40-59(83)63(45(6)7)78(13)72(92)95-42-51-32-30-50(31-33-51)38-58(82)56(28-23-34-74-71(73)91)76-68(88)54(43(2)3)39-53(81)27-21-18-22-35-80-61(84)37-47(9)69(80)89/h17,19-20,25-26,30-33,43-49,54-57,60,63-66,86H,16,18,21-24,27-29,34-42H2,1-15H3,(H,75,87)(H,76,88)(H3,73,74,91)/t46-,47?,48+,49+,54-,55-,56-,57-,60+,63-,64-,65+,66+/m0/s1. The van der Waals surface area contributed by atoms with Gasteiger partial charge in [-0.3, -0.25) is 48.1 Å². The van der Waals surface area contributed by atoms with Gasteiger partial charge >= 0.3 is 12.1 Å². The van der Waals surface area contributed by atoms with Gasteiger partial charge < -0.3 is 55.7 Å². The van der Waals surface area contributed by atoms with E-state index in [0.717, 1.165) is 0 Å². The van der Waals surface area contributed by atoms with Gasteiger partial charge in [0.15, 0.2) is 11.6 Å². The molecule has 530 valence electrons. The number of aliphatic hydroxyl groups is 1. The number of nitrogens with one attached hydrogen (secondary N) is 3. The first-order chi connectivity index (χ1) is 44.9. The number of carbonyl (C=O) groups excluding carboxylic acids is 11. The van der Waals surface area contributed by atoms with E-state index in [1.54, 1.807) is 74.0 Å². The Labute approximate surface area is 563 Å². The number of methoxy groups -OCH3 is 2. The molecule has 0 aromatic heterocycles. The number of hydrogen-bond donors (Lipinski definition) is 5. The van der Waals surface area contributed by atoms with Crippen molar-refractivity contribution in [2.75, 3.05) is 47.9 Å². The second kappa shape index (κ2) is 39.2. The van der Waals surface area contributed by atoms with Crippen LogP contribution in [0.5, 0.6) is 0 Å². The molecule has 6 N–H and O–H groups in total. The molecule has 2 aliphatic heterocycles. The molecule has 0 spiro atoms. The van der Waals surface area contributed by atoms with Crippen molar-refractivity contribution in [3.8, 4) is 0 Å². The third kappa shape index (κ3) is 23.6. The number of benzene rings is 2. The van der Waals surface area contributed by atoms with E-state index in [9.17, 15) is 57.8 Å². The molecule has 9 amide bonds. The molecule has 2 aromatic rings. The number of primary amides is 1. The lowest BCUT2D eigenvalue weighted by Gasteiger charge is -2.41. The van der Waals surface area contributed by atoms with Crippen LogP contribution < -0.4 is 21.7 Å². The lowest BCUT2D eigenvalue weighted by atomic mass is 9.83. The number of likely N-dealkylation sites (N-methyl/N-ethyl adjacent to an activating group) is 2. The summed E-state index contributed by atoms with van der Waals surface area (Å²) in [5.74, 6) is -5.94. The molecular weight excluding hydrogens is 1220 g/mol. The number of aliphatic hydroxyl groups excluding tert-OH is 1. The summed E-state index contributed by atoms with van der Waals surface area (Å²) in [7, 11) is 6.21. The normalized spacial score (nSPS) is 18.4. The number of ether oxygens (including phenoxy) is 3. The molecule has 4 rings (SSSR count). The van der Waals surface area contributed by atoms with Crippen LogP contribution in [0.4, 0.5) is 9.59 Å². The van der Waals surface area contributed by atoms with Gasteiger partial charge in [0.05, 0.1) is 60.9 Å². The van der Waals surface area contributed by atoms with E-state index in [4.69, 9.17) is 19.9 Å². The summed E-state index contributed by atoms with van der Waals surface area (Å²) in [6.45, 7) is 21.0. The summed E-state index contributed by atoms with van der Waals surface area (Å²) in [4.78, 5) is 154. The smallest absolute Gasteiger partial charge is 0.410 e. The third-order valence-electron chi connectivity index (χ3n) is 19.3. The summed E-state index contributed by atoms with van der Waals surface area (Å²) in [6, 6.07) is 11.7. The maximum absolute atomic E-state index is 14.9. The Bertz CT molecular complexity index is 2870. The number of likely N-dealkylation sites (tertiary alicyclic amines) is 2. The number of nitrogens with zero attached hydrogens (tertiary/aromatic N) is 4. The number of nitrogens with two attached hydrogens (primary N) is 1. The summed E-state index contributed by atoms with van der Waals surface area (Å²) in [5.41, 5.74) is 7.15. The van der Waals surface area contributed by atoms with Crippen molar-refractivity contribution in [3.05, 3.63) is 71.3 Å². The van der Waals surface area contributed by atoms with Crippen LogP contribution in [0.25, 0.3) is 0 Å². The highest BCUT2D eigenvalue weighted by Gasteiger charge is 2.44. The van der Waals surface area contributed by atoms with Gasteiger partial charge in [-0.05, 0) is 85.8 Å². The van der Waals surface area contributed by atoms with Crippen LogP contribution >= 0.6 is 0 Å². The minimum Gasteiger partial charge on any atom is -0.445 e. The van der Waals surface area contributed by atoms with Gasteiger partial charge in [0, 0.05) is 97.8 Å². The van der Waals surface area contributed by atoms with E-state index in [2.05, 4.69) is 16.0 Å². The molecule has 2 fully saturated rings. The number of urea groups is 1. The molecule has 2 saturated heterocycles. The molecule has 1 unspecified atom stereocenters. The maximum atomic E-state index is 14.9. The predicted octanol–water partition coefficient (Wildman–Crippen LogP) is 7.90. The van der Waals surface area contributed by atoms with Crippen molar-refractivity contribution >= 4 is 64.9 Å². The number of unbranched alkanes of at least 4 members (excludes halogenated alkanes) is 2. The van der Waals surface area contributed by atoms with Gasteiger partial charge in [0.2, 0.25) is 35.4 Å². The van der Waals surface area contributed by atoms with Gasteiger partial charge in [-0.2, -0.15) is 0 Å². The Balaban J connectivity index is 1.37. The highest BCUT2D eigenvalue weighted by atomic mass is 16.6. The first kappa shape index (κ1) is 80.3. The fraction of sp³-hybridized carbons (Fsp3) is 0.681. The first-order valence-electron chi connectivity index (χ1n) is 34.3. The Morgan fingerprint density at radius 3 is 1.95 bits per heavy atom. The van der Waals surface area contributed by atoms with Crippen molar-refractivity contribution in [2.24, 2.45) is 53.1 Å². The van der Waals surface area contributed by atoms with E-state index in [1.165, 1.54) is 31.1 Å². The van der Waals surface area contributed by atoms with Crippen molar-refractivity contribution < 1.29 is 72.1 Å². The summed E-state index contributed by atoms with van der Waals surface area (Å²) < 4.78 is 17.8. The molecule has 23 nitrogen and oxygen atoms in total. The van der Waals surface area contributed by atoms with Crippen LogP contribution in [0.15, 0.2) is 54.6 Å². The molecule has 2 aromatic carbocycles. The monoisotopic (exact) mass is 1330 g/mol. The average molecular weight is 1330 g/mol. The zero-order valence-corrected chi connectivity index (χ0v) is 59.2. The van der Waals surface area contributed by atoms with Crippen LogP contribution in [-0.2, 0) is 70.4 Å². The molecular formula is C72H112N8O15. The number of rotatable bonds is 41. The second-order valence-corrected chi connectivity index (χ2v) is 27.5. The van der Waals surface area contributed by atoms with E-state index in [1.807, 2.05) is 73.6 Å². The Morgan fingerprint density at radius 2 is 1.38 bits per heavy atom. The topological polar surface area (TPSA) is 311 Å². The molecule has 0 aliphatic carbocycles. The quantitative estimate of drug-likeness (QED) is 0.0312. The van der Waals surface area contributed by atoms with Gasteiger partial charge in [0.25, 0.3) is 0 Å². The van der Waals surface area contributed by atoms with Crippen LogP contribution in [0.2, 0.25) is 0 Å². The number of carbonyl (C=O) groups is 11. The lowest BCUT2D eigenvalue weighted by molar-refractivity contribution is -0.149. The zero-order chi connectivity index (χ0) is 71.0. The Kier molecular flexibility index (Phi) is 33.1. The number of ketones is 3. The van der Waals surface area contributed by atoms with E-state index >= 15 is 0 Å². The number of amides is 9. The minimum absolute atomic E-state index is 0.0281. The molecule has 0 radical (unpaired) electrons. The average Bonchev–Trinajstić information content (AvgIpc) is 1.78. The Morgan fingerprint density at radius 1 is 0.737 bits per heavy atom. The van der Waals surface area contributed by atoms with Gasteiger partial charge in [0.1, 0.15) is 12.4 Å². The minimum atomic E-state index is -0.961. The van der Waals surface area contributed by atoms with E-state index < -0.39 is 84.3 Å². The molecule has 0 saturated carbocycles. The molecule has 23 heteroatoms. The highest BCUT2D eigenvalue weighted by Crippen LogP contribution is 2.32. The highest BCUT2D eigenvalue weighted by molar-refractivity contribution is 6.03. The number of Topliss-reactive ketones (excluding diaryl/α,β-unsaturated/α-hetero) is 3. The predicted molar refractivity (Wildman–Crippen MR) is 360 cm³/mol. The van der Waals surface area contributed by atoms with Crippen LogP contribution in [-0.4, -0.2) is 180 Å². The van der Waals surface area contributed by atoms with Crippen LogP contribution in [0.3, 0.4) is 0 Å². The largest absolute Gasteiger partial charge is 0.445 e. The fourth-order valence-corrected chi connectivity index (χ4v) is 13.3. The number of imide groups is 1. The zero-order valence-electron chi connectivity index (χ0n) is 59.2. The number of hydrogen-bond acceptors (Lipinski definition) is 15. The summed E-state index contributed by atoms with van der Waals surface area (Å²) in [5, 5.41) is 19.3. The van der Waals surface area contributed by atoms with Crippen LogP contribution in [0.1, 0.15) is 182 Å². The van der Waals surface area contributed by atoms with Crippen molar-refractivity contribution in [1.82, 2.24) is 35.6 Å². The third-order valence-corrected chi connectivity index (χ3v) is 19.3. The molecule has 2 aliphatic rings. The summed E-state index contributed by atoms with van der Waals surface area (Å²) in [6.07, 6.45) is 1.17. The maximum Gasteiger partial charge on any atom is 0.410 e. The Hall–Kier alpha value is -7.11. The molecule has 13 atom stereocenters. The van der Waals surface area contributed by atoms with E-state index in [0.29, 0.717) is 74.7 Å². The van der Waals surface area contributed by atoms with E-state index in [-0.39, 0.29) is 135 Å². The van der Waals surface area contributed by atoms with Crippen molar-refractivity contribution in [2.45, 2.75) is 221 Å². The molecule has 2 heterocycles. The first-order valence-corrected chi connectivity index (χ1v) is 34.3. The van der Waals surface area contributed by atoms with Gasteiger partial charge in [-0.15, -0.1) is 0 Å². The molecule has 95 heavy (non-hydrogen) atoms. The van der Waals surface area contributed by atoms with Gasteiger partial charge in [-0.1, -0.05) is 137 Å². The fourth-order valence-electron chi connectivity index (χ4n) is 13.3. The summed E-state index contributed by atoms with van der Waals surface area (Å²) >= 11 is 0. The van der Waals surface area contributed by atoms with Crippen LogP contribution in [0, 0.1) is 47.3 Å².